The number of nitrogens with two attached hydrogens (primary N) is 1. The summed E-state index contributed by atoms with van der Waals surface area (Å²) in [5, 5.41) is 3.43. The molecule has 30 heavy (non-hydrogen) atoms. The standard InChI is InChI=1S/C28H28N2/c1-28(2,3)22-14-9-13-21(19-22)24-16-10-15-23(20-11-5-4-6-12-20)27(24)30-26-18-8-7-17-25(26)29/h4-19,30H,29H2,1-3H3/i10D,15D,16D. The number of nitrogen functional groups attached to an aromatic ring is 1. The van der Waals surface area contributed by atoms with Gasteiger partial charge in [-0.3, -0.25) is 0 Å². The first-order valence-corrected chi connectivity index (χ1v) is 10.1. The number of benzene rings is 4. The summed E-state index contributed by atoms with van der Waals surface area (Å²) >= 11 is 0. The van der Waals surface area contributed by atoms with Crippen molar-refractivity contribution in [3.8, 4) is 22.3 Å². The third-order valence-corrected chi connectivity index (χ3v) is 5.18. The molecule has 4 rings (SSSR count). The Bertz CT molecular complexity index is 1310. The van der Waals surface area contributed by atoms with Crippen molar-refractivity contribution in [3.05, 3.63) is 103 Å². The summed E-state index contributed by atoms with van der Waals surface area (Å²) in [6.45, 7) is 6.45. The van der Waals surface area contributed by atoms with Crippen LogP contribution in [-0.2, 0) is 5.41 Å². The Morgan fingerprint density at radius 3 is 2.10 bits per heavy atom. The second kappa shape index (κ2) is 8.08. The molecule has 0 aliphatic heterocycles. The predicted molar refractivity (Wildman–Crippen MR) is 130 cm³/mol. The van der Waals surface area contributed by atoms with Gasteiger partial charge in [-0.1, -0.05) is 106 Å². The molecule has 0 saturated carbocycles. The van der Waals surface area contributed by atoms with Crippen molar-refractivity contribution in [2.45, 2.75) is 26.2 Å². The van der Waals surface area contributed by atoms with E-state index in [1.807, 2.05) is 66.7 Å². The summed E-state index contributed by atoms with van der Waals surface area (Å²) < 4.78 is 26.2. The normalized spacial score (nSPS) is 12.7. The molecule has 4 aromatic rings. The van der Waals surface area contributed by atoms with Crippen LogP contribution in [0.2, 0.25) is 0 Å². The van der Waals surface area contributed by atoms with Crippen LogP contribution in [0.5, 0.6) is 0 Å². The second-order valence-electron chi connectivity index (χ2n) is 8.41. The van der Waals surface area contributed by atoms with E-state index >= 15 is 0 Å². The largest absolute Gasteiger partial charge is 0.397 e. The van der Waals surface area contributed by atoms with E-state index in [-0.39, 0.29) is 23.5 Å². The Morgan fingerprint density at radius 2 is 1.40 bits per heavy atom. The maximum atomic E-state index is 8.84. The Kier molecular flexibility index (Phi) is 4.39. The minimum Gasteiger partial charge on any atom is -0.397 e. The van der Waals surface area contributed by atoms with Gasteiger partial charge < -0.3 is 11.1 Å². The van der Waals surface area contributed by atoms with Crippen LogP contribution in [0.3, 0.4) is 0 Å². The number of hydrogen-bond acceptors (Lipinski definition) is 2. The van der Waals surface area contributed by atoms with Crippen LogP contribution in [0.1, 0.15) is 30.4 Å². The Balaban J connectivity index is 2.08. The third kappa shape index (κ3) is 4.08. The van der Waals surface area contributed by atoms with Crippen LogP contribution in [0.25, 0.3) is 22.3 Å². The molecular weight excluding hydrogens is 364 g/mol. The molecule has 150 valence electrons. The molecular formula is C28H28N2. The predicted octanol–water partition coefficient (Wildman–Crippen LogP) is 7.64. The van der Waals surface area contributed by atoms with Crippen molar-refractivity contribution in [2.24, 2.45) is 0 Å². The fraction of sp³-hybridized carbons (Fsp3) is 0.143. The lowest BCUT2D eigenvalue weighted by molar-refractivity contribution is 0.590. The van der Waals surface area contributed by atoms with Gasteiger partial charge in [-0.25, -0.2) is 0 Å². The van der Waals surface area contributed by atoms with Crippen molar-refractivity contribution >= 4 is 17.1 Å². The van der Waals surface area contributed by atoms with Gasteiger partial charge in [-0.2, -0.15) is 0 Å². The molecule has 0 unspecified atom stereocenters. The number of nitrogens with one attached hydrogen (secondary N) is 1. The lowest BCUT2D eigenvalue weighted by atomic mass is 9.85. The van der Waals surface area contributed by atoms with Crippen LogP contribution in [0.4, 0.5) is 17.1 Å². The van der Waals surface area contributed by atoms with E-state index < -0.39 is 0 Å². The van der Waals surface area contributed by atoms with Crippen molar-refractivity contribution in [3.63, 3.8) is 0 Å². The zero-order chi connectivity index (χ0) is 23.8. The highest BCUT2D eigenvalue weighted by molar-refractivity contribution is 5.94. The topological polar surface area (TPSA) is 38.0 Å². The van der Waals surface area contributed by atoms with E-state index in [0.29, 0.717) is 28.2 Å². The quantitative estimate of drug-likeness (QED) is 0.348. The van der Waals surface area contributed by atoms with Gasteiger partial charge in [0.1, 0.15) is 0 Å². The summed E-state index contributed by atoms with van der Waals surface area (Å²) in [7, 11) is 0. The summed E-state index contributed by atoms with van der Waals surface area (Å²) in [5.74, 6) is 0. The highest BCUT2D eigenvalue weighted by atomic mass is 14.9. The van der Waals surface area contributed by atoms with Gasteiger partial charge in [0.25, 0.3) is 0 Å². The van der Waals surface area contributed by atoms with Crippen LogP contribution in [-0.4, -0.2) is 0 Å². The van der Waals surface area contributed by atoms with Crippen molar-refractivity contribution in [1.29, 1.82) is 0 Å². The summed E-state index contributed by atoms with van der Waals surface area (Å²) in [6, 6.07) is 25.1. The van der Waals surface area contributed by atoms with Crippen LogP contribution < -0.4 is 11.1 Å². The molecule has 0 spiro atoms. The van der Waals surface area contributed by atoms with Crippen molar-refractivity contribution in [1.82, 2.24) is 0 Å². The van der Waals surface area contributed by atoms with E-state index in [2.05, 4.69) is 38.2 Å². The molecule has 0 bridgehead atoms. The first kappa shape index (κ1) is 16.3. The summed E-state index contributed by atoms with van der Waals surface area (Å²) in [6.07, 6.45) is 0. The highest BCUT2D eigenvalue weighted by Crippen LogP contribution is 2.40. The molecule has 0 atom stereocenters. The second-order valence-corrected chi connectivity index (χ2v) is 8.41. The molecule has 4 aromatic carbocycles. The van der Waals surface area contributed by atoms with E-state index in [9.17, 15) is 0 Å². The van der Waals surface area contributed by atoms with Gasteiger partial charge in [0.15, 0.2) is 0 Å². The number of anilines is 3. The molecule has 2 nitrogen and oxygen atoms in total. The molecule has 0 amide bonds. The molecule has 0 aliphatic carbocycles. The lowest BCUT2D eigenvalue weighted by Gasteiger charge is -2.22. The SMILES string of the molecule is [2H]c1c([2H])c(-c2ccccc2)c(Nc2ccccc2N)c(-c2cccc(C(C)(C)C)c2)c1[2H]. The molecule has 0 radical (unpaired) electrons. The van der Waals surface area contributed by atoms with Crippen LogP contribution in [0, 0.1) is 0 Å². The number of hydrogen-bond donors (Lipinski definition) is 2. The molecule has 0 heterocycles. The van der Waals surface area contributed by atoms with E-state index in [0.717, 1.165) is 16.7 Å². The summed E-state index contributed by atoms with van der Waals surface area (Å²) in [4.78, 5) is 0. The molecule has 0 aliphatic rings. The fourth-order valence-corrected chi connectivity index (χ4v) is 3.46. The zero-order valence-corrected chi connectivity index (χ0v) is 17.6. The minimum absolute atomic E-state index is 0.0129. The fourth-order valence-electron chi connectivity index (χ4n) is 3.46. The Hall–Kier alpha value is -3.52. The van der Waals surface area contributed by atoms with Crippen LogP contribution in [0.15, 0.2) is 97.0 Å². The lowest BCUT2D eigenvalue weighted by Crippen LogP contribution is -2.10. The monoisotopic (exact) mass is 395 g/mol. The Morgan fingerprint density at radius 1 is 0.767 bits per heavy atom. The molecule has 0 saturated heterocycles. The van der Waals surface area contributed by atoms with Gasteiger partial charge in [0, 0.05) is 11.1 Å². The Labute approximate surface area is 183 Å². The molecule has 0 fully saturated rings. The average molecular weight is 396 g/mol. The van der Waals surface area contributed by atoms with Crippen molar-refractivity contribution in [2.75, 3.05) is 11.1 Å². The first-order chi connectivity index (χ1) is 15.7. The smallest absolute Gasteiger partial charge is 0.0630 e. The maximum Gasteiger partial charge on any atom is 0.0630 e. The zero-order valence-electron chi connectivity index (χ0n) is 20.6. The van der Waals surface area contributed by atoms with Crippen molar-refractivity contribution < 1.29 is 4.11 Å². The van der Waals surface area contributed by atoms with Gasteiger partial charge in [-0.15, -0.1) is 0 Å². The summed E-state index contributed by atoms with van der Waals surface area (Å²) in [5.41, 5.74) is 12.0. The molecule has 2 heteroatoms. The molecule has 3 N–H and O–H groups in total. The van der Waals surface area contributed by atoms with E-state index in [4.69, 9.17) is 9.85 Å². The number of para-hydroxylation sites is 3. The molecule has 0 aromatic heterocycles. The third-order valence-electron chi connectivity index (χ3n) is 5.18. The van der Waals surface area contributed by atoms with Gasteiger partial charge >= 0.3 is 0 Å². The van der Waals surface area contributed by atoms with Crippen LogP contribution >= 0.6 is 0 Å². The first-order valence-electron chi connectivity index (χ1n) is 11.6. The van der Waals surface area contributed by atoms with E-state index in [1.54, 1.807) is 0 Å². The number of rotatable bonds is 4. The van der Waals surface area contributed by atoms with E-state index in [1.165, 1.54) is 0 Å². The maximum absolute atomic E-state index is 8.84. The average Bonchev–Trinajstić information content (AvgIpc) is 2.79. The van der Waals surface area contributed by atoms with Gasteiger partial charge in [-0.05, 0) is 34.2 Å². The minimum atomic E-state index is -0.100. The van der Waals surface area contributed by atoms with Gasteiger partial charge in [0.2, 0.25) is 0 Å². The van der Waals surface area contributed by atoms with Gasteiger partial charge in [0.05, 0.1) is 21.2 Å². The highest BCUT2D eigenvalue weighted by Gasteiger charge is 2.17.